The number of anilines is 1. The minimum absolute atomic E-state index is 0.173. The van der Waals surface area contributed by atoms with E-state index in [0.29, 0.717) is 5.69 Å². The quantitative estimate of drug-likeness (QED) is 0.130. The van der Waals surface area contributed by atoms with Crippen molar-refractivity contribution in [2.75, 3.05) is 26.0 Å². The van der Waals surface area contributed by atoms with E-state index in [-0.39, 0.29) is 6.54 Å². The van der Waals surface area contributed by atoms with Crippen LogP contribution in [0.15, 0.2) is 58.4 Å². The highest BCUT2D eigenvalue weighted by Gasteiger charge is 2.55. The van der Waals surface area contributed by atoms with Crippen LogP contribution in [0, 0.1) is 0 Å². The zero-order valence-electron chi connectivity index (χ0n) is 27.4. The molecule has 2 amide bonds. The summed E-state index contributed by atoms with van der Waals surface area (Å²) in [6.45, 7) is 1.93. The topological polar surface area (TPSA) is 242 Å². The number of hydrogen-bond acceptors (Lipinski definition) is 13. The van der Waals surface area contributed by atoms with Crippen molar-refractivity contribution in [3.63, 3.8) is 0 Å². The van der Waals surface area contributed by atoms with Crippen molar-refractivity contribution < 1.29 is 44.2 Å². The van der Waals surface area contributed by atoms with Gasteiger partial charge in [-0.2, -0.15) is 0 Å². The lowest BCUT2D eigenvalue weighted by atomic mass is 9.97. The number of hydrogen-bond donors (Lipinski definition) is 7. The molecule has 0 spiro atoms. The normalized spacial score (nSPS) is 32.4. The van der Waals surface area contributed by atoms with Crippen LogP contribution in [0.5, 0.6) is 0 Å². The van der Waals surface area contributed by atoms with Gasteiger partial charge in [0, 0.05) is 38.6 Å². The van der Waals surface area contributed by atoms with Crippen molar-refractivity contribution >= 4 is 17.5 Å². The van der Waals surface area contributed by atoms with Gasteiger partial charge in [0.2, 0.25) is 5.91 Å². The monoisotopic (exact) mass is 688 g/mol. The summed E-state index contributed by atoms with van der Waals surface area (Å²) in [5.74, 6) is -1.18. The fraction of sp³-hybridized carbons (Fsp3) is 0.562. The number of nitrogens with zero attached hydrogens (tertiary/aromatic N) is 3. The van der Waals surface area contributed by atoms with Crippen LogP contribution in [0.25, 0.3) is 0 Å². The van der Waals surface area contributed by atoms with E-state index >= 15 is 0 Å². The number of aliphatic hydroxyl groups excluding tert-OH is 4. The fourth-order valence-electron chi connectivity index (χ4n) is 6.27. The lowest BCUT2D eigenvalue weighted by Gasteiger charge is -2.38. The van der Waals surface area contributed by atoms with Crippen LogP contribution in [0.1, 0.15) is 31.6 Å². The number of nitrogens with two attached hydrogens (primary N) is 1. The van der Waals surface area contributed by atoms with Gasteiger partial charge in [-0.05, 0) is 42.8 Å². The fourth-order valence-corrected chi connectivity index (χ4v) is 6.27. The average molecular weight is 689 g/mol. The van der Waals surface area contributed by atoms with Gasteiger partial charge in [0.1, 0.15) is 54.8 Å². The molecule has 0 aliphatic carbocycles. The standard InChI is InChI=1S/C32H44N6O11/c1-4-5-6-16-7-9-17(10-8-16)34-28(44)18-11-13-36(2)21(29(45)37(18)3)26(49-31-25(43)22(40)19(15-33)47-31)27-23(41)24(42)30(48-27)38-14-12-20(39)35-32(38)46/h7-14,18-19,21-27,30-31,40-43H,4-6,15,33H2,1-3H3,(H,34,44)(H,35,39,46)/t18?,19-,21+,22-,23+,24-,25-,26+,27+,30-,31+/m1/s1. The summed E-state index contributed by atoms with van der Waals surface area (Å²) < 4.78 is 18.6. The van der Waals surface area contributed by atoms with E-state index in [1.807, 2.05) is 17.1 Å². The number of carbonyl (C=O) groups excluding carboxylic acids is 2. The molecule has 0 radical (unpaired) electrons. The van der Waals surface area contributed by atoms with Gasteiger partial charge in [0.05, 0.1) is 0 Å². The molecule has 11 atom stereocenters. The maximum absolute atomic E-state index is 14.3. The van der Waals surface area contributed by atoms with Crippen LogP contribution in [0.3, 0.4) is 0 Å². The smallest absolute Gasteiger partial charge is 0.330 e. The van der Waals surface area contributed by atoms with Gasteiger partial charge in [0.25, 0.3) is 11.5 Å². The van der Waals surface area contributed by atoms with Gasteiger partial charge in [-0.1, -0.05) is 25.5 Å². The molecule has 2 fully saturated rings. The molecule has 2 aromatic rings. The number of carbonyl (C=O) groups is 2. The van der Waals surface area contributed by atoms with Crippen LogP contribution in [-0.4, -0.2) is 133 Å². The highest BCUT2D eigenvalue weighted by atomic mass is 16.7. The molecule has 2 saturated heterocycles. The molecule has 1 aromatic heterocycles. The predicted octanol–water partition coefficient (Wildman–Crippen LogP) is -2.42. The Morgan fingerprint density at radius 3 is 2.37 bits per heavy atom. The Hall–Kier alpha value is -3.94. The molecule has 0 bridgehead atoms. The van der Waals surface area contributed by atoms with Gasteiger partial charge < -0.3 is 55.5 Å². The van der Waals surface area contributed by atoms with E-state index in [0.717, 1.165) is 41.7 Å². The highest BCUT2D eigenvalue weighted by molar-refractivity contribution is 5.99. The van der Waals surface area contributed by atoms with Crippen molar-refractivity contribution in [1.29, 1.82) is 0 Å². The first-order chi connectivity index (χ1) is 23.4. The zero-order chi connectivity index (χ0) is 35.6. The van der Waals surface area contributed by atoms with Gasteiger partial charge in [-0.3, -0.25) is 23.9 Å². The third-order valence-electron chi connectivity index (χ3n) is 9.15. The number of aliphatic hydroxyl groups is 4. The van der Waals surface area contributed by atoms with E-state index in [1.165, 1.54) is 36.2 Å². The number of aromatic amines is 1. The van der Waals surface area contributed by atoms with E-state index in [4.69, 9.17) is 19.9 Å². The second-order valence-corrected chi connectivity index (χ2v) is 12.5. The Balaban J connectivity index is 1.43. The van der Waals surface area contributed by atoms with Crippen molar-refractivity contribution in [1.82, 2.24) is 19.4 Å². The lowest BCUT2D eigenvalue weighted by molar-refractivity contribution is -0.231. The number of aryl methyl sites for hydroxylation is 1. The summed E-state index contributed by atoms with van der Waals surface area (Å²) in [6, 6.07) is 5.98. The molecule has 5 rings (SSSR count). The summed E-state index contributed by atoms with van der Waals surface area (Å²) in [5, 5.41) is 46.3. The van der Waals surface area contributed by atoms with Gasteiger partial charge >= 0.3 is 5.69 Å². The number of amides is 2. The minimum atomic E-state index is -1.78. The minimum Gasteiger partial charge on any atom is -0.387 e. The summed E-state index contributed by atoms with van der Waals surface area (Å²) in [4.78, 5) is 56.6. The number of H-pyrrole nitrogens is 1. The molecule has 1 unspecified atom stereocenters. The molecule has 3 aliphatic rings. The van der Waals surface area contributed by atoms with Crippen LogP contribution in [-0.2, 0) is 30.2 Å². The maximum atomic E-state index is 14.3. The number of nitrogens with one attached hydrogen (secondary N) is 2. The summed E-state index contributed by atoms with van der Waals surface area (Å²) in [6.07, 6.45) is -6.75. The number of aromatic nitrogens is 2. The van der Waals surface area contributed by atoms with Crippen LogP contribution < -0.4 is 22.3 Å². The van der Waals surface area contributed by atoms with Gasteiger partial charge in [0.15, 0.2) is 12.5 Å². The molecule has 49 heavy (non-hydrogen) atoms. The molecule has 0 saturated carbocycles. The van der Waals surface area contributed by atoms with E-state index in [1.54, 1.807) is 12.1 Å². The first-order valence-electron chi connectivity index (χ1n) is 16.1. The molecule has 268 valence electrons. The third-order valence-corrected chi connectivity index (χ3v) is 9.15. The van der Waals surface area contributed by atoms with Crippen molar-refractivity contribution in [2.45, 2.75) is 93.5 Å². The predicted molar refractivity (Wildman–Crippen MR) is 173 cm³/mol. The molecule has 3 aliphatic heterocycles. The summed E-state index contributed by atoms with van der Waals surface area (Å²) >= 11 is 0. The maximum Gasteiger partial charge on any atom is 0.330 e. The molecular formula is C32H44N6O11. The van der Waals surface area contributed by atoms with Gasteiger partial charge in [-0.15, -0.1) is 0 Å². The second kappa shape index (κ2) is 15.3. The Labute approximate surface area is 281 Å². The zero-order valence-corrected chi connectivity index (χ0v) is 27.4. The first kappa shape index (κ1) is 36.3. The largest absolute Gasteiger partial charge is 0.387 e. The molecule has 4 heterocycles. The van der Waals surface area contributed by atoms with Crippen molar-refractivity contribution in [3.8, 4) is 0 Å². The Bertz CT molecular complexity index is 1620. The number of likely N-dealkylation sites (N-methyl/N-ethyl adjacent to an activating group) is 2. The summed E-state index contributed by atoms with van der Waals surface area (Å²) in [7, 11) is 2.93. The molecule has 17 heteroatoms. The van der Waals surface area contributed by atoms with Crippen LogP contribution in [0.2, 0.25) is 0 Å². The first-order valence-corrected chi connectivity index (χ1v) is 16.1. The number of benzene rings is 1. The lowest BCUT2D eigenvalue weighted by Crippen LogP contribution is -2.59. The number of unbranched alkanes of at least 4 members (excludes halogenated alkanes) is 1. The molecule has 17 nitrogen and oxygen atoms in total. The molecule has 1 aromatic carbocycles. The van der Waals surface area contributed by atoms with Gasteiger partial charge in [-0.25, -0.2) is 4.79 Å². The van der Waals surface area contributed by atoms with Crippen LogP contribution >= 0.6 is 0 Å². The van der Waals surface area contributed by atoms with E-state index < -0.39 is 90.4 Å². The molecular weight excluding hydrogens is 644 g/mol. The van der Waals surface area contributed by atoms with Crippen LogP contribution in [0.4, 0.5) is 5.69 Å². The number of ether oxygens (including phenoxy) is 3. The number of rotatable bonds is 11. The highest BCUT2D eigenvalue weighted by Crippen LogP contribution is 2.36. The Kier molecular flexibility index (Phi) is 11.4. The SMILES string of the molecule is CCCCc1ccc(NC(=O)C2C=CN(C)[C@@H]([C@H](O[C@@H]3O[C@H](CN)[C@@H](O)[C@H]3O)[C@H]3O[C@@H](n4ccc(=O)[nH]c4=O)[C@H](O)[C@@H]3O)C(=O)N2C)cc1. The third kappa shape index (κ3) is 7.48. The Morgan fingerprint density at radius 2 is 1.73 bits per heavy atom. The van der Waals surface area contributed by atoms with Crippen molar-refractivity contribution in [3.05, 3.63) is 75.2 Å². The van der Waals surface area contributed by atoms with E-state index in [2.05, 4.69) is 12.2 Å². The average Bonchev–Trinajstić information content (AvgIpc) is 3.48. The van der Waals surface area contributed by atoms with E-state index in [9.17, 15) is 39.6 Å². The Morgan fingerprint density at radius 1 is 1.02 bits per heavy atom. The summed E-state index contributed by atoms with van der Waals surface area (Å²) in [5.41, 5.74) is 5.72. The second-order valence-electron chi connectivity index (χ2n) is 12.5. The van der Waals surface area contributed by atoms with Crippen molar-refractivity contribution in [2.24, 2.45) is 5.73 Å². The molecule has 8 N–H and O–H groups in total.